The molecule has 0 unspecified atom stereocenters. The summed E-state index contributed by atoms with van der Waals surface area (Å²) in [7, 11) is -2.53. The Morgan fingerprint density at radius 3 is 2.43 bits per heavy atom. The van der Waals surface area contributed by atoms with E-state index >= 15 is 0 Å². The third-order valence-corrected chi connectivity index (χ3v) is 9.21. The van der Waals surface area contributed by atoms with Crippen molar-refractivity contribution in [3.8, 4) is 5.75 Å². The molecule has 1 saturated heterocycles. The Hall–Kier alpha value is -4.01. The summed E-state index contributed by atoms with van der Waals surface area (Å²) in [4.78, 5) is 34.1. The van der Waals surface area contributed by atoms with E-state index in [-0.39, 0.29) is 22.6 Å². The summed E-state index contributed by atoms with van der Waals surface area (Å²) < 4.78 is 46.4. The van der Waals surface area contributed by atoms with E-state index in [0.29, 0.717) is 47.0 Å². The first-order valence-corrected chi connectivity index (χ1v) is 18.2. The Morgan fingerprint density at radius 2 is 1.80 bits per heavy atom. The maximum absolute atomic E-state index is 13.7. The fraction of sp³-hybridized carbons (Fsp3) is 0.543. The summed E-state index contributed by atoms with van der Waals surface area (Å²) in [6.45, 7) is 14.7. The number of benzene rings is 1. The maximum atomic E-state index is 13.7. The maximum Gasteiger partial charge on any atom is 0.411 e. The first-order valence-electron chi connectivity index (χ1n) is 16.7. The quantitative estimate of drug-likeness (QED) is 0.156. The van der Waals surface area contributed by atoms with E-state index in [2.05, 4.69) is 32.6 Å². The average molecular weight is 701 g/mol. The molecule has 1 aliphatic heterocycles. The lowest BCUT2D eigenvalue weighted by molar-refractivity contribution is 0.129. The number of sulfonamides is 1. The highest BCUT2D eigenvalue weighted by Crippen LogP contribution is 2.29. The van der Waals surface area contributed by atoms with Gasteiger partial charge < -0.3 is 19.5 Å². The molecule has 0 atom stereocenters. The van der Waals surface area contributed by atoms with Crippen LogP contribution in [0.2, 0.25) is 0 Å². The van der Waals surface area contributed by atoms with Crippen molar-refractivity contribution in [2.45, 2.75) is 97.1 Å². The van der Waals surface area contributed by atoms with E-state index in [1.807, 2.05) is 0 Å². The van der Waals surface area contributed by atoms with Crippen molar-refractivity contribution < 1.29 is 32.2 Å². The predicted molar refractivity (Wildman–Crippen MR) is 193 cm³/mol. The van der Waals surface area contributed by atoms with Gasteiger partial charge in [-0.1, -0.05) is 19.4 Å². The van der Waals surface area contributed by atoms with Crippen molar-refractivity contribution in [1.82, 2.24) is 15.0 Å². The number of ether oxygens (including phenoxy) is 3. The molecular weight excluding hydrogens is 648 g/mol. The molecule has 4 N–H and O–H groups in total. The van der Waals surface area contributed by atoms with Crippen LogP contribution in [0.1, 0.15) is 91.8 Å². The van der Waals surface area contributed by atoms with Crippen molar-refractivity contribution in [2.75, 3.05) is 37.4 Å². The molecule has 0 radical (unpaired) electrons. The molecular formula is C35H52N6O7S. The highest BCUT2D eigenvalue weighted by atomic mass is 32.2. The lowest BCUT2D eigenvalue weighted by Crippen LogP contribution is -2.40. The highest BCUT2D eigenvalue weighted by molar-refractivity contribution is 7.89. The summed E-state index contributed by atoms with van der Waals surface area (Å²) in [5.41, 5.74) is 2.02. The number of piperidine rings is 1. The van der Waals surface area contributed by atoms with Crippen molar-refractivity contribution in [1.29, 1.82) is 0 Å². The number of aromatic nitrogens is 1. The van der Waals surface area contributed by atoms with Crippen molar-refractivity contribution in [3.63, 3.8) is 0 Å². The first kappa shape index (κ1) is 39.4. The largest absolute Gasteiger partial charge is 0.494 e. The second-order valence-corrected chi connectivity index (χ2v) is 15.0. The molecule has 1 aromatic carbocycles. The Kier molecular flexibility index (Phi) is 14.6. The first-order chi connectivity index (χ1) is 23.1. The fourth-order valence-electron chi connectivity index (χ4n) is 5.08. The topological polar surface area (TPSA) is 169 Å². The second kappa shape index (κ2) is 18.1. The minimum atomic E-state index is -4.03. The number of carbonyl (C=O) groups excluding carboxylic acids is 2. The van der Waals surface area contributed by atoms with Gasteiger partial charge in [0.2, 0.25) is 10.0 Å². The number of rotatable bonds is 14. The van der Waals surface area contributed by atoms with Gasteiger partial charge in [0.1, 0.15) is 11.4 Å². The number of carbonyl (C=O) groups is 2. The van der Waals surface area contributed by atoms with Gasteiger partial charge in [-0.05, 0) is 110 Å². The zero-order valence-electron chi connectivity index (χ0n) is 29.9. The smallest absolute Gasteiger partial charge is 0.411 e. The van der Waals surface area contributed by atoms with E-state index in [9.17, 15) is 18.0 Å². The summed E-state index contributed by atoms with van der Waals surface area (Å²) in [5, 5.41) is 8.62. The van der Waals surface area contributed by atoms with Crippen LogP contribution in [0, 0.1) is 5.92 Å². The normalized spacial score (nSPS) is 14.8. The Bertz CT molecular complexity index is 1610. The van der Waals surface area contributed by atoms with Crippen LogP contribution in [0.4, 0.5) is 21.0 Å². The molecule has 3 rings (SSSR count). The molecule has 270 valence electrons. The number of aliphatic imine (C=N–C) groups is 1. The molecule has 2 aromatic rings. The Balaban J connectivity index is 1.97. The van der Waals surface area contributed by atoms with E-state index in [1.54, 1.807) is 65.9 Å². The van der Waals surface area contributed by atoms with Gasteiger partial charge >= 0.3 is 12.2 Å². The molecule has 2 amide bonds. The molecule has 0 spiro atoms. The molecule has 14 heteroatoms. The molecule has 49 heavy (non-hydrogen) atoms. The summed E-state index contributed by atoms with van der Waals surface area (Å²) in [6.07, 6.45) is 5.73. The average Bonchev–Trinajstić information content (AvgIpc) is 3.03. The van der Waals surface area contributed by atoms with Crippen LogP contribution < -0.4 is 25.4 Å². The summed E-state index contributed by atoms with van der Waals surface area (Å²) >= 11 is 0. The van der Waals surface area contributed by atoms with Gasteiger partial charge in [0, 0.05) is 23.5 Å². The number of nitrogens with one attached hydrogen (secondary N) is 4. The minimum Gasteiger partial charge on any atom is -0.494 e. The predicted octanol–water partition coefficient (Wildman–Crippen LogP) is 6.71. The van der Waals surface area contributed by atoms with Crippen molar-refractivity contribution in [2.24, 2.45) is 10.9 Å². The third kappa shape index (κ3) is 12.8. The molecule has 0 aliphatic carbocycles. The van der Waals surface area contributed by atoms with Crippen molar-refractivity contribution >= 4 is 44.9 Å². The molecule has 13 nitrogen and oxygen atoms in total. The van der Waals surface area contributed by atoms with Crippen LogP contribution in [-0.4, -0.2) is 69.7 Å². The van der Waals surface area contributed by atoms with Gasteiger partial charge in [0.15, 0.2) is 0 Å². The molecule has 1 aromatic heterocycles. The van der Waals surface area contributed by atoms with Gasteiger partial charge in [-0.25, -0.2) is 27.7 Å². The van der Waals surface area contributed by atoms with Gasteiger partial charge in [0.25, 0.3) is 0 Å². The van der Waals surface area contributed by atoms with Gasteiger partial charge in [0.05, 0.1) is 42.3 Å². The summed E-state index contributed by atoms with van der Waals surface area (Å²) in [6, 6.07) is 6.35. The van der Waals surface area contributed by atoms with E-state index in [4.69, 9.17) is 19.2 Å². The van der Waals surface area contributed by atoms with Crippen molar-refractivity contribution in [3.05, 3.63) is 47.9 Å². The van der Waals surface area contributed by atoms with E-state index in [1.165, 1.54) is 19.4 Å². The van der Waals surface area contributed by atoms with Crippen LogP contribution in [-0.2, 0) is 19.5 Å². The number of nitrogens with zero attached hydrogens (tertiary/aromatic N) is 2. The van der Waals surface area contributed by atoms with Gasteiger partial charge in [-0.15, -0.1) is 0 Å². The second-order valence-electron chi connectivity index (χ2n) is 13.3. The number of hydrogen-bond donors (Lipinski definition) is 4. The summed E-state index contributed by atoms with van der Waals surface area (Å²) in [5.74, 6) is 0.693. The number of hydrogen-bond acceptors (Lipinski definition) is 10. The molecule has 0 bridgehead atoms. The number of pyridine rings is 1. The fourth-order valence-corrected chi connectivity index (χ4v) is 6.80. The van der Waals surface area contributed by atoms with Crippen LogP contribution in [0.3, 0.4) is 0 Å². The third-order valence-electron chi connectivity index (χ3n) is 7.41. The zero-order chi connectivity index (χ0) is 36.2. The lowest BCUT2D eigenvalue weighted by Gasteiger charge is -2.23. The molecule has 1 aliphatic rings. The standard InChI is InChI=1S/C35H52N6O7S/c1-9-10-11-29(32-30(46-8)18-27(21-38-32)40-34(43)48-23(2)3)37-20-24(4)28-13-12-26(19-31(28)49(44,45)41-35(5,6)7)39-33(42)47-22-25-14-16-36-17-15-25/h12-13,18-21,23,25,36,41H,9-11,14-17,22H2,1-8H3,(H,39,42)(H,40,43)/b24-20+,37-29+. The molecule has 2 heterocycles. The number of amides is 2. The van der Waals surface area contributed by atoms with E-state index < -0.39 is 27.7 Å². The van der Waals surface area contributed by atoms with Crippen LogP contribution in [0.15, 0.2) is 46.6 Å². The molecule has 1 fully saturated rings. The van der Waals surface area contributed by atoms with Crippen LogP contribution in [0.5, 0.6) is 5.75 Å². The Morgan fingerprint density at radius 1 is 1.10 bits per heavy atom. The van der Waals surface area contributed by atoms with Crippen LogP contribution in [0.25, 0.3) is 5.57 Å². The van der Waals surface area contributed by atoms with E-state index in [0.717, 1.165) is 38.8 Å². The zero-order valence-corrected chi connectivity index (χ0v) is 30.8. The number of unbranched alkanes of at least 4 members (excludes halogenated alkanes) is 1. The molecule has 0 saturated carbocycles. The van der Waals surface area contributed by atoms with Crippen LogP contribution >= 0.6 is 0 Å². The Labute approximate surface area is 290 Å². The SMILES string of the molecule is CCCC/C(=N\C=C(/C)c1ccc(NC(=O)OCC2CCNCC2)cc1S(=O)(=O)NC(C)(C)C)c1ncc(NC(=O)OC(C)C)cc1OC. The van der Waals surface area contributed by atoms with Gasteiger partial charge in [-0.2, -0.15) is 0 Å². The lowest BCUT2D eigenvalue weighted by atomic mass is 9.99. The minimum absolute atomic E-state index is 0.0166. The number of anilines is 2. The highest BCUT2D eigenvalue weighted by Gasteiger charge is 2.26. The van der Waals surface area contributed by atoms with Gasteiger partial charge in [-0.3, -0.25) is 15.6 Å². The number of allylic oxidation sites excluding steroid dienone is 1. The monoisotopic (exact) mass is 700 g/mol. The number of methoxy groups -OCH3 is 1.